The van der Waals surface area contributed by atoms with E-state index >= 15 is 0 Å². The third-order valence-electron chi connectivity index (χ3n) is 5.42. The number of aromatic nitrogens is 2. The summed E-state index contributed by atoms with van der Waals surface area (Å²) < 4.78 is 2.04. The van der Waals surface area contributed by atoms with Gasteiger partial charge in [-0.3, -0.25) is 14.2 Å². The molecule has 6 nitrogen and oxygen atoms in total. The van der Waals surface area contributed by atoms with Crippen molar-refractivity contribution in [1.82, 2.24) is 19.4 Å². The summed E-state index contributed by atoms with van der Waals surface area (Å²) in [5.74, 6) is 0.474. The summed E-state index contributed by atoms with van der Waals surface area (Å²) in [6.45, 7) is 6.48. The second kappa shape index (κ2) is 9.06. The molecule has 0 saturated carbocycles. The summed E-state index contributed by atoms with van der Waals surface area (Å²) in [6, 6.07) is 9.93. The molecule has 4 rings (SSSR count). The third kappa shape index (κ3) is 4.29. The number of aryl methyl sites for hydroxylation is 1. The Morgan fingerprint density at radius 2 is 1.83 bits per heavy atom. The Morgan fingerprint density at radius 3 is 2.57 bits per heavy atom. The SMILES string of the molecule is Cc1cccc(-n2ccnc2SCC(=O)N2CCN(C(=O)c3cccs3)CC2)c1C. The molecule has 1 aliphatic rings. The smallest absolute Gasteiger partial charge is 0.264 e. The van der Waals surface area contributed by atoms with Gasteiger partial charge in [0.15, 0.2) is 5.16 Å². The first kappa shape index (κ1) is 20.7. The highest BCUT2D eigenvalue weighted by molar-refractivity contribution is 7.99. The number of hydrogen-bond donors (Lipinski definition) is 0. The molecule has 0 spiro atoms. The maximum absolute atomic E-state index is 12.7. The fourth-order valence-electron chi connectivity index (χ4n) is 3.51. The highest BCUT2D eigenvalue weighted by Gasteiger charge is 2.25. The normalized spacial score (nSPS) is 14.2. The molecule has 0 N–H and O–H groups in total. The highest BCUT2D eigenvalue weighted by Crippen LogP contribution is 2.24. The zero-order chi connectivity index (χ0) is 21.1. The van der Waals surface area contributed by atoms with Gasteiger partial charge in [-0.15, -0.1) is 11.3 Å². The van der Waals surface area contributed by atoms with E-state index in [1.54, 1.807) is 6.20 Å². The van der Waals surface area contributed by atoms with Crippen LogP contribution in [0.1, 0.15) is 20.8 Å². The molecule has 0 aliphatic carbocycles. The molecule has 0 radical (unpaired) electrons. The van der Waals surface area contributed by atoms with Crippen LogP contribution in [0.5, 0.6) is 0 Å². The van der Waals surface area contributed by atoms with E-state index in [1.165, 1.54) is 34.2 Å². The Kier molecular flexibility index (Phi) is 6.24. The number of imidazole rings is 1. The van der Waals surface area contributed by atoms with Crippen LogP contribution in [0.2, 0.25) is 0 Å². The maximum Gasteiger partial charge on any atom is 0.264 e. The summed E-state index contributed by atoms with van der Waals surface area (Å²) in [5.41, 5.74) is 3.52. The molecular formula is C22H24N4O2S2. The minimum absolute atomic E-state index is 0.0574. The number of benzene rings is 1. The molecule has 0 atom stereocenters. The molecule has 1 saturated heterocycles. The average Bonchev–Trinajstić information content (AvgIpc) is 3.46. The summed E-state index contributed by atoms with van der Waals surface area (Å²) in [6.07, 6.45) is 3.70. The van der Waals surface area contributed by atoms with Gasteiger partial charge in [-0.1, -0.05) is 30.0 Å². The predicted molar refractivity (Wildman–Crippen MR) is 121 cm³/mol. The molecule has 156 valence electrons. The van der Waals surface area contributed by atoms with E-state index in [2.05, 4.69) is 31.0 Å². The van der Waals surface area contributed by atoms with Crippen LogP contribution in [0, 0.1) is 13.8 Å². The molecule has 3 aromatic rings. The second-order valence-electron chi connectivity index (χ2n) is 7.24. The van der Waals surface area contributed by atoms with E-state index in [4.69, 9.17) is 0 Å². The van der Waals surface area contributed by atoms with Gasteiger partial charge in [0.1, 0.15) is 0 Å². The first-order valence-electron chi connectivity index (χ1n) is 9.88. The van der Waals surface area contributed by atoms with Crippen LogP contribution in [-0.4, -0.2) is 63.1 Å². The van der Waals surface area contributed by atoms with Crippen LogP contribution in [0.25, 0.3) is 5.69 Å². The first-order chi connectivity index (χ1) is 14.5. The van der Waals surface area contributed by atoms with Crippen molar-refractivity contribution in [3.8, 4) is 5.69 Å². The van der Waals surface area contributed by atoms with Crippen molar-refractivity contribution in [3.63, 3.8) is 0 Å². The Hall–Kier alpha value is -2.58. The Labute approximate surface area is 184 Å². The molecule has 1 aromatic carbocycles. The topological polar surface area (TPSA) is 58.4 Å². The van der Waals surface area contributed by atoms with Gasteiger partial charge >= 0.3 is 0 Å². The van der Waals surface area contributed by atoms with Crippen molar-refractivity contribution in [2.24, 2.45) is 0 Å². The monoisotopic (exact) mass is 440 g/mol. The lowest BCUT2D eigenvalue weighted by molar-refractivity contribution is -0.129. The van der Waals surface area contributed by atoms with Crippen molar-refractivity contribution in [1.29, 1.82) is 0 Å². The first-order valence-corrected chi connectivity index (χ1v) is 11.7. The van der Waals surface area contributed by atoms with Crippen molar-refractivity contribution >= 4 is 34.9 Å². The van der Waals surface area contributed by atoms with Gasteiger partial charge in [-0.2, -0.15) is 0 Å². The Bertz CT molecular complexity index is 1040. The molecule has 2 aromatic heterocycles. The number of rotatable bonds is 5. The highest BCUT2D eigenvalue weighted by atomic mass is 32.2. The number of carbonyl (C=O) groups is 2. The number of piperazine rings is 1. The van der Waals surface area contributed by atoms with Crippen LogP contribution in [0.4, 0.5) is 0 Å². The van der Waals surface area contributed by atoms with Gasteiger partial charge in [-0.25, -0.2) is 4.98 Å². The minimum atomic E-state index is 0.0574. The van der Waals surface area contributed by atoms with E-state index in [-0.39, 0.29) is 11.8 Å². The van der Waals surface area contributed by atoms with E-state index < -0.39 is 0 Å². The molecule has 0 unspecified atom stereocenters. The van der Waals surface area contributed by atoms with E-state index in [9.17, 15) is 9.59 Å². The Morgan fingerprint density at radius 1 is 1.07 bits per heavy atom. The van der Waals surface area contributed by atoms with Crippen molar-refractivity contribution in [2.75, 3.05) is 31.9 Å². The predicted octanol–water partition coefficient (Wildman–Crippen LogP) is 3.63. The van der Waals surface area contributed by atoms with Crippen LogP contribution in [0.3, 0.4) is 0 Å². The third-order valence-corrected chi connectivity index (χ3v) is 7.23. The summed E-state index contributed by atoms with van der Waals surface area (Å²) >= 11 is 2.91. The van der Waals surface area contributed by atoms with Crippen molar-refractivity contribution < 1.29 is 9.59 Å². The summed E-state index contributed by atoms with van der Waals surface area (Å²) in [5, 5.41) is 2.72. The van der Waals surface area contributed by atoms with Crippen LogP contribution < -0.4 is 0 Å². The number of carbonyl (C=O) groups excluding carboxylic acids is 2. The molecule has 30 heavy (non-hydrogen) atoms. The number of thioether (sulfide) groups is 1. The van der Waals surface area contributed by atoms with Gasteiger partial charge in [-0.05, 0) is 42.5 Å². The number of amides is 2. The molecule has 0 bridgehead atoms. The number of hydrogen-bond acceptors (Lipinski definition) is 5. The molecule has 1 aliphatic heterocycles. The van der Waals surface area contributed by atoms with E-state index in [0.717, 1.165) is 15.7 Å². The summed E-state index contributed by atoms with van der Waals surface area (Å²) in [7, 11) is 0. The molecular weight excluding hydrogens is 416 g/mol. The van der Waals surface area contributed by atoms with Gasteiger partial charge in [0, 0.05) is 38.6 Å². The molecule has 1 fully saturated rings. The maximum atomic E-state index is 12.7. The fourth-order valence-corrected chi connectivity index (χ4v) is 5.07. The standard InChI is InChI=1S/C22H24N4O2S2/c1-16-5-3-6-18(17(16)2)26-9-8-23-22(26)30-15-20(27)24-10-12-25(13-11-24)21(28)19-7-4-14-29-19/h3-9,14H,10-13,15H2,1-2H3. The van der Waals surface area contributed by atoms with Crippen LogP contribution in [-0.2, 0) is 4.79 Å². The largest absolute Gasteiger partial charge is 0.338 e. The fraction of sp³-hybridized carbons (Fsp3) is 0.318. The molecule has 3 heterocycles. The van der Waals surface area contributed by atoms with Gasteiger partial charge < -0.3 is 9.80 Å². The Balaban J connectivity index is 1.34. The van der Waals surface area contributed by atoms with Crippen LogP contribution >= 0.6 is 23.1 Å². The zero-order valence-corrected chi connectivity index (χ0v) is 18.7. The lowest BCUT2D eigenvalue weighted by atomic mass is 10.1. The number of nitrogens with zero attached hydrogens (tertiary/aromatic N) is 4. The van der Waals surface area contributed by atoms with Crippen molar-refractivity contribution in [2.45, 2.75) is 19.0 Å². The van der Waals surface area contributed by atoms with Crippen molar-refractivity contribution in [3.05, 3.63) is 64.1 Å². The van der Waals surface area contributed by atoms with E-state index in [1.807, 2.05) is 44.1 Å². The van der Waals surface area contributed by atoms with Crippen LogP contribution in [0.15, 0.2) is 53.3 Å². The lowest BCUT2D eigenvalue weighted by Crippen LogP contribution is -2.51. The quantitative estimate of drug-likeness (QED) is 0.569. The average molecular weight is 441 g/mol. The number of thiophene rings is 1. The summed E-state index contributed by atoms with van der Waals surface area (Å²) in [4.78, 5) is 34.1. The lowest BCUT2D eigenvalue weighted by Gasteiger charge is -2.34. The van der Waals surface area contributed by atoms with Gasteiger partial charge in [0.2, 0.25) is 5.91 Å². The van der Waals surface area contributed by atoms with E-state index in [0.29, 0.717) is 31.9 Å². The minimum Gasteiger partial charge on any atom is -0.338 e. The zero-order valence-electron chi connectivity index (χ0n) is 17.1. The molecule has 2 amide bonds. The molecule has 8 heteroatoms. The van der Waals surface area contributed by atoms with Gasteiger partial charge in [0.25, 0.3) is 5.91 Å². The second-order valence-corrected chi connectivity index (χ2v) is 9.13. The van der Waals surface area contributed by atoms with Gasteiger partial charge in [0.05, 0.1) is 16.3 Å².